The van der Waals surface area contributed by atoms with Gasteiger partial charge in [-0.05, 0) is 50.5 Å². The van der Waals surface area contributed by atoms with E-state index >= 15 is 0 Å². The summed E-state index contributed by atoms with van der Waals surface area (Å²) in [5, 5.41) is 8.92. The molecule has 0 atom stereocenters. The second-order valence-corrected chi connectivity index (χ2v) is 6.97. The predicted octanol–water partition coefficient (Wildman–Crippen LogP) is 3.88. The highest BCUT2D eigenvalue weighted by atomic mass is 35.5. The maximum atomic E-state index is 12.8. The zero-order valence-electron chi connectivity index (χ0n) is 15.1. The smallest absolute Gasteiger partial charge is 0.270 e. The topological polar surface area (TPSA) is 53.9 Å². The predicted molar refractivity (Wildman–Crippen MR) is 101 cm³/mol. The first-order chi connectivity index (χ1) is 11.9. The molecule has 1 N–H and O–H groups in total. The summed E-state index contributed by atoms with van der Waals surface area (Å²) in [4.78, 5) is 14.6. The normalized spacial score (nSPS) is 11.2. The van der Waals surface area contributed by atoms with Crippen molar-refractivity contribution in [3.05, 3.63) is 51.9 Å². The van der Waals surface area contributed by atoms with E-state index in [1.54, 1.807) is 4.90 Å². The number of aromatic nitrogens is 3. The molecule has 0 radical (unpaired) electrons. The number of rotatable bonds is 5. The number of aryl methyl sites for hydroxylation is 3. The summed E-state index contributed by atoms with van der Waals surface area (Å²) >= 11 is 6.07. The van der Waals surface area contributed by atoms with Crippen LogP contribution in [0, 0.1) is 13.8 Å². The van der Waals surface area contributed by atoms with Gasteiger partial charge >= 0.3 is 0 Å². The Morgan fingerprint density at radius 2 is 2.08 bits per heavy atom. The van der Waals surface area contributed by atoms with Crippen molar-refractivity contribution in [3.63, 3.8) is 0 Å². The quantitative estimate of drug-likeness (QED) is 0.752. The summed E-state index contributed by atoms with van der Waals surface area (Å²) < 4.78 is 1.91. The van der Waals surface area contributed by atoms with Gasteiger partial charge in [0.1, 0.15) is 5.69 Å². The molecule has 1 aromatic carbocycles. The van der Waals surface area contributed by atoms with Crippen molar-refractivity contribution in [2.45, 2.75) is 26.7 Å². The monoisotopic (exact) mass is 358 g/mol. The largest absolute Gasteiger partial charge is 0.340 e. The minimum Gasteiger partial charge on any atom is -0.340 e. The molecule has 5 nitrogen and oxygen atoms in total. The van der Waals surface area contributed by atoms with E-state index in [0.29, 0.717) is 17.3 Å². The summed E-state index contributed by atoms with van der Waals surface area (Å²) in [7, 11) is 3.75. The molecular weight excluding hydrogens is 336 g/mol. The van der Waals surface area contributed by atoms with Crippen LogP contribution in [0.15, 0.2) is 24.3 Å². The third-order valence-electron chi connectivity index (χ3n) is 4.77. The molecule has 6 heteroatoms. The van der Waals surface area contributed by atoms with Crippen LogP contribution < -0.4 is 0 Å². The fourth-order valence-corrected chi connectivity index (χ4v) is 3.41. The fourth-order valence-electron chi connectivity index (χ4n) is 3.24. The number of carbonyl (C=O) groups excluding carboxylic acids is 1. The second-order valence-electron chi connectivity index (χ2n) is 6.53. The number of hydrogen-bond acceptors (Lipinski definition) is 2. The van der Waals surface area contributed by atoms with Crippen LogP contribution >= 0.6 is 11.6 Å². The van der Waals surface area contributed by atoms with Crippen molar-refractivity contribution in [1.29, 1.82) is 0 Å². The van der Waals surface area contributed by atoms with Gasteiger partial charge in [-0.25, -0.2) is 0 Å². The molecule has 0 aliphatic heterocycles. The Labute approximate surface area is 152 Å². The lowest BCUT2D eigenvalue weighted by Crippen LogP contribution is -2.29. The van der Waals surface area contributed by atoms with Crippen LogP contribution in [0.4, 0.5) is 0 Å². The minimum absolute atomic E-state index is 0.0236. The molecule has 0 fully saturated rings. The third-order valence-corrected chi connectivity index (χ3v) is 5.01. The van der Waals surface area contributed by atoms with E-state index in [4.69, 9.17) is 11.6 Å². The third kappa shape index (κ3) is 3.42. The first-order valence-corrected chi connectivity index (χ1v) is 8.77. The molecule has 0 saturated heterocycles. The van der Waals surface area contributed by atoms with Gasteiger partial charge in [-0.3, -0.25) is 9.89 Å². The lowest BCUT2D eigenvalue weighted by Gasteiger charge is -2.17. The summed E-state index contributed by atoms with van der Waals surface area (Å²) in [5.41, 5.74) is 5.04. The molecule has 2 heterocycles. The highest BCUT2D eigenvalue weighted by Gasteiger charge is 2.17. The van der Waals surface area contributed by atoms with Gasteiger partial charge in [0.2, 0.25) is 0 Å². The zero-order chi connectivity index (χ0) is 18.1. The van der Waals surface area contributed by atoms with Crippen LogP contribution in [0.1, 0.15) is 33.9 Å². The molecule has 25 heavy (non-hydrogen) atoms. The van der Waals surface area contributed by atoms with E-state index in [-0.39, 0.29) is 5.91 Å². The summed E-state index contributed by atoms with van der Waals surface area (Å²) in [6.45, 7) is 4.74. The van der Waals surface area contributed by atoms with Crippen LogP contribution in [0.2, 0.25) is 5.02 Å². The molecule has 0 spiro atoms. The van der Waals surface area contributed by atoms with Gasteiger partial charge < -0.3 is 9.47 Å². The summed E-state index contributed by atoms with van der Waals surface area (Å²) in [6, 6.07) is 7.60. The van der Waals surface area contributed by atoms with Crippen LogP contribution in [-0.4, -0.2) is 39.2 Å². The Morgan fingerprint density at radius 3 is 2.76 bits per heavy atom. The first-order valence-electron chi connectivity index (χ1n) is 8.39. The summed E-state index contributed by atoms with van der Waals surface area (Å²) in [5.74, 6) is 0.0236. The molecule has 0 aliphatic rings. The van der Waals surface area contributed by atoms with Crippen molar-refractivity contribution in [3.8, 4) is 0 Å². The molecule has 0 aliphatic carbocycles. The number of hydrogen-bond donors (Lipinski definition) is 1. The van der Waals surface area contributed by atoms with E-state index in [1.165, 1.54) is 5.56 Å². The fraction of sp³-hybridized carbons (Fsp3) is 0.368. The lowest BCUT2D eigenvalue weighted by molar-refractivity contribution is 0.0784. The van der Waals surface area contributed by atoms with Gasteiger partial charge in [0, 0.05) is 42.3 Å². The Morgan fingerprint density at radius 1 is 1.32 bits per heavy atom. The van der Waals surface area contributed by atoms with Crippen molar-refractivity contribution < 1.29 is 4.79 Å². The Bertz CT molecular complexity index is 906. The second kappa shape index (κ2) is 6.92. The number of benzene rings is 1. The lowest BCUT2D eigenvalue weighted by atomic mass is 10.1. The van der Waals surface area contributed by atoms with Gasteiger partial charge in [-0.1, -0.05) is 17.7 Å². The molecule has 3 rings (SSSR count). The number of nitrogens with one attached hydrogen (secondary N) is 1. The zero-order valence-corrected chi connectivity index (χ0v) is 15.8. The Kier molecular flexibility index (Phi) is 4.86. The van der Waals surface area contributed by atoms with Crippen LogP contribution in [0.25, 0.3) is 10.9 Å². The van der Waals surface area contributed by atoms with Gasteiger partial charge in [-0.15, -0.1) is 0 Å². The first kappa shape index (κ1) is 17.5. The number of amides is 1. The van der Waals surface area contributed by atoms with Crippen LogP contribution in [0.5, 0.6) is 0 Å². The molecule has 0 saturated carbocycles. The number of fused-ring (bicyclic) bond motifs is 1. The van der Waals surface area contributed by atoms with Gasteiger partial charge in [0.25, 0.3) is 5.91 Å². The molecular formula is C19H23ClN4O. The number of halogens is 1. The number of H-pyrrole nitrogens is 1. The van der Waals surface area contributed by atoms with E-state index < -0.39 is 0 Å². The highest BCUT2D eigenvalue weighted by Crippen LogP contribution is 2.23. The van der Waals surface area contributed by atoms with E-state index in [0.717, 1.165) is 35.1 Å². The van der Waals surface area contributed by atoms with Crippen molar-refractivity contribution in [2.75, 3.05) is 13.6 Å². The Balaban J connectivity index is 1.69. The minimum atomic E-state index is 0.0236. The van der Waals surface area contributed by atoms with Gasteiger partial charge in [0.15, 0.2) is 0 Å². The van der Waals surface area contributed by atoms with Crippen molar-refractivity contribution >= 4 is 28.4 Å². The molecule has 0 bridgehead atoms. The Hall–Kier alpha value is -2.27. The molecule has 0 unspecified atom stereocenters. The SMILES string of the molecule is Cc1n[nH]c(C)c1CCCN(C)C(=O)c1cc2ccc(Cl)cc2n1C. The number of carbonyl (C=O) groups is 1. The van der Waals surface area contributed by atoms with Crippen LogP contribution in [0.3, 0.4) is 0 Å². The highest BCUT2D eigenvalue weighted by molar-refractivity contribution is 6.31. The van der Waals surface area contributed by atoms with Crippen molar-refractivity contribution in [1.82, 2.24) is 19.7 Å². The molecule has 3 aromatic rings. The summed E-state index contributed by atoms with van der Waals surface area (Å²) in [6.07, 6.45) is 1.82. The van der Waals surface area contributed by atoms with Gasteiger partial charge in [-0.2, -0.15) is 5.10 Å². The van der Waals surface area contributed by atoms with E-state index in [9.17, 15) is 4.79 Å². The number of aromatic amines is 1. The standard InChI is InChI=1S/C19H23ClN4O/c1-12-16(13(2)22-21-12)6-5-9-23(3)19(25)18-10-14-7-8-15(20)11-17(14)24(18)4/h7-8,10-11H,5-6,9H2,1-4H3,(H,21,22). The maximum absolute atomic E-state index is 12.8. The van der Waals surface area contributed by atoms with E-state index in [2.05, 4.69) is 10.2 Å². The number of nitrogens with zero attached hydrogens (tertiary/aromatic N) is 3. The van der Waals surface area contributed by atoms with E-state index in [1.807, 2.05) is 56.8 Å². The van der Waals surface area contributed by atoms with Crippen LogP contribution in [-0.2, 0) is 13.5 Å². The van der Waals surface area contributed by atoms with Crippen molar-refractivity contribution in [2.24, 2.45) is 7.05 Å². The average Bonchev–Trinajstić information content (AvgIpc) is 3.08. The molecule has 2 aromatic heterocycles. The van der Waals surface area contributed by atoms with Gasteiger partial charge in [0.05, 0.1) is 5.69 Å². The molecule has 132 valence electrons. The average molecular weight is 359 g/mol. The maximum Gasteiger partial charge on any atom is 0.270 e. The molecule has 1 amide bonds.